The van der Waals surface area contributed by atoms with Crippen molar-refractivity contribution in [2.45, 2.75) is 39.2 Å². The lowest BCUT2D eigenvalue weighted by molar-refractivity contribution is 0.0655. The third kappa shape index (κ3) is 3.13. The van der Waals surface area contributed by atoms with Gasteiger partial charge in [-0.15, -0.1) is 0 Å². The number of carboxylic acids is 1. The lowest BCUT2D eigenvalue weighted by Crippen LogP contribution is -2.29. The number of nitrogens with zero attached hydrogens (tertiary/aromatic N) is 1. The first-order valence-electron chi connectivity index (χ1n) is 6.69. The Kier molecular flexibility index (Phi) is 4.07. The monoisotopic (exact) mass is 251 g/mol. The summed E-state index contributed by atoms with van der Waals surface area (Å²) in [6.07, 6.45) is 3.75. The van der Waals surface area contributed by atoms with Crippen LogP contribution in [0.2, 0.25) is 0 Å². The van der Waals surface area contributed by atoms with Crippen LogP contribution in [0.5, 0.6) is 0 Å². The summed E-state index contributed by atoms with van der Waals surface area (Å²) < 4.78 is 5.39. The summed E-state index contributed by atoms with van der Waals surface area (Å²) in [4.78, 5) is 13.2. The van der Waals surface area contributed by atoms with E-state index in [4.69, 9.17) is 9.52 Å². The van der Waals surface area contributed by atoms with Gasteiger partial charge in [0.25, 0.3) is 0 Å². The standard InChI is InChI=1S/C14H21NO3/c1-3-8-15(9-11-4-5-11)10(2)12-6-7-13(18-12)14(16)17/h6-7,10-11H,3-5,8-9H2,1-2H3,(H,16,17). The summed E-state index contributed by atoms with van der Waals surface area (Å²) in [5.74, 6) is 0.604. The highest BCUT2D eigenvalue weighted by atomic mass is 16.4. The molecular formula is C14H21NO3. The SMILES string of the molecule is CCCN(CC1CC1)C(C)c1ccc(C(=O)O)o1. The Balaban J connectivity index is 2.04. The van der Waals surface area contributed by atoms with Gasteiger partial charge in [0.15, 0.2) is 0 Å². The maximum absolute atomic E-state index is 10.8. The van der Waals surface area contributed by atoms with E-state index < -0.39 is 5.97 Å². The zero-order chi connectivity index (χ0) is 13.1. The van der Waals surface area contributed by atoms with Crippen LogP contribution in [0.4, 0.5) is 0 Å². The van der Waals surface area contributed by atoms with Gasteiger partial charge in [0.1, 0.15) is 5.76 Å². The first kappa shape index (κ1) is 13.1. The molecule has 100 valence electrons. The Morgan fingerprint density at radius 1 is 1.56 bits per heavy atom. The molecule has 1 aliphatic carbocycles. The molecule has 0 spiro atoms. The fourth-order valence-corrected chi connectivity index (χ4v) is 2.23. The summed E-state index contributed by atoms with van der Waals surface area (Å²) >= 11 is 0. The molecule has 1 unspecified atom stereocenters. The Morgan fingerprint density at radius 3 is 2.78 bits per heavy atom. The molecule has 1 atom stereocenters. The van der Waals surface area contributed by atoms with Crippen molar-refractivity contribution >= 4 is 5.97 Å². The molecule has 4 nitrogen and oxygen atoms in total. The van der Waals surface area contributed by atoms with Gasteiger partial charge in [-0.25, -0.2) is 4.79 Å². The maximum Gasteiger partial charge on any atom is 0.371 e. The van der Waals surface area contributed by atoms with E-state index in [1.165, 1.54) is 18.9 Å². The molecule has 0 bridgehead atoms. The van der Waals surface area contributed by atoms with Crippen LogP contribution >= 0.6 is 0 Å². The molecular weight excluding hydrogens is 230 g/mol. The van der Waals surface area contributed by atoms with Gasteiger partial charge in [0.2, 0.25) is 5.76 Å². The number of hydrogen-bond acceptors (Lipinski definition) is 3. The van der Waals surface area contributed by atoms with Gasteiger partial charge < -0.3 is 9.52 Å². The van der Waals surface area contributed by atoms with Crippen molar-refractivity contribution in [3.63, 3.8) is 0 Å². The second-order valence-corrected chi connectivity index (χ2v) is 5.12. The molecule has 1 heterocycles. The number of aromatic carboxylic acids is 1. The van der Waals surface area contributed by atoms with Crippen molar-refractivity contribution in [3.05, 3.63) is 23.7 Å². The molecule has 1 aromatic rings. The summed E-state index contributed by atoms with van der Waals surface area (Å²) in [7, 11) is 0. The van der Waals surface area contributed by atoms with Gasteiger partial charge in [0.05, 0.1) is 6.04 Å². The second kappa shape index (κ2) is 5.57. The topological polar surface area (TPSA) is 53.7 Å². The van der Waals surface area contributed by atoms with Crippen LogP contribution in [0.15, 0.2) is 16.5 Å². The Morgan fingerprint density at radius 2 is 2.28 bits per heavy atom. The van der Waals surface area contributed by atoms with Crippen molar-refractivity contribution < 1.29 is 14.3 Å². The smallest absolute Gasteiger partial charge is 0.371 e. The molecule has 1 aromatic heterocycles. The van der Waals surface area contributed by atoms with Crippen molar-refractivity contribution in [2.75, 3.05) is 13.1 Å². The molecule has 0 aromatic carbocycles. The first-order chi connectivity index (χ1) is 8.61. The van der Waals surface area contributed by atoms with E-state index in [2.05, 4.69) is 18.7 Å². The quantitative estimate of drug-likeness (QED) is 0.808. The van der Waals surface area contributed by atoms with Gasteiger partial charge in [0, 0.05) is 6.54 Å². The predicted molar refractivity (Wildman–Crippen MR) is 68.7 cm³/mol. The molecule has 1 saturated carbocycles. The van der Waals surface area contributed by atoms with Crippen molar-refractivity contribution in [1.29, 1.82) is 0 Å². The van der Waals surface area contributed by atoms with E-state index in [1.807, 2.05) is 0 Å². The average Bonchev–Trinajstić information content (AvgIpc) is 3.01. The molecule has 0 radical (unpaired) electrons. The molecule has 0 saturated heterocycles. The minimum Gasteiger partial charge on any atom is -0.475 e. The minimum atomic E-state index is -1.00. The van der Waals surface area contributed by atoms with Crippen molar-refractivity contribution in [3.8, 4) is 0 Å². The summed E-state index contributed by atoms with van der Waals surface area (Å²) in [6.45, 7) is 6.37. The number of rotatable bonds is 7. The van der Waals surface area contributed by atoms with E-state index >= 15 is 0 Å². The summed E-state index contributed by atoms with van der Waals surface area (Å²) in [5.41, 5.74) is 0. The van der Waals surface area contributed by atoms with E-state index in [0.717, 1.165) is 31.2 Å². The molecule has 1 fully saturated rings. The Labute approximate surface area is 108 Å². The molecule has 4 heteroatoms. The number of hydrogen-bond donors (Lipinski definition) is 1. The van der Waals surface area contributed by atoms with Crippen LogP contribution in [-0.4, -0.2) is 29.1 Å². The van der Waals surface area contributed by atoms with Crippen LogP contribution in [0, 0.1) is 5.92 Å². The van der Waals surface area contributed by atoms with Gasteiger partial charge in [-0.05, 0) is 50.8 Å². The van der Waals surface area contributed by atoms with Crippen LogP contribution in [0.25, 0.3) is 0 Å². The fourth-order valence-electron chi connectivity index (χ4n) is 2.23. The number of furan rings is 1. The van der Waals surface area contributed by atoms with E-state index in [-0.39, 0.29) is 11.8 Å². The molecule has 0 aliphatic heterocycles. The van der Waals surface area contributed by atoms with Crippen LogP contribution in [0.3, 0.4) is 0 Å². The molecule has 2 rings (SSSR count). The third-order valence-corrected chi connectivity index (χ3v) is 3.50. The third-order valence-electron chi connectivity index (χ3n) is 3.50. The molecule has 1 N–H and O–H groups in total. The second-order valence-electron chi connectivity index (χ2n) is 5.12. The fraction of sp³-hybridized carbons (Fsp3) is 0.643. The molecule has 18 heavy (non-hydrogen) atoms. The first-order valence-corrected chi connectivity index (χ1v) is 6.69. The Bertz CT molecular complexity index is 409. The van der Waals surface area contributed by atoms with Crippen LogP contribution in [-0.2, 0) is 0 Å². The highest BCUT2D eigenvalue weighted by Gasteiger charge is 2.28. The van der Waals surface area contributed by atoms with E-state index in [9.17, 15) is 4.79 Å². The zero-order valence-electron chi connectivity index (χ0n) is 11.1. The van der Waals surface area contributed by atoms with E-state index in [0.29, 0.717) is 0 Å². The summed E-state index contributed by atoms with van der Waals surface area (Å²) in [6, 6.07) is 3.47. The Hall–Kier alpha value is -1.29. The predicted octanol–water partition coefficient (Wildman–Crippen LogP) is 3.16. The van der Waals surface area contributed by atoms with Gasteiger partial charge in [-0.3, -0.25) is 4.90 Å². The highest BCUT2D eigenvalue weighted by molar-refractivity contribution is 5.84. The lowest BCUT2D eigenvalue weighted by Gasteiger charge is -2.27. The average molecular weight is 251 g/mol. The zero-order valence-corrected chi connectivity index (χ0v) is 11.1. The summed E-state index contributed by atoms with van der Waals surface area (Å²) in [5, 5.41) is 8.87. The lowest BCUT2D eigenvalue weighted by atomic mass is 10.2. The van der Waals surface area contributed by atoms with Crippen LogP contribution < -0.4 is 0 Å². The molecule has 1 aliphatic rings. The van der Waals surface area contributed by atoms with Gasteiger partial charge >= 0.3 is 5.97 Å². The van der Waals surface area contributed by atoms with Gasteiger partial charge in [-0.1, -0.05) is 6.92 Å². The van der Waals surface area contributed by atoms with Crippen LogP contribution in [0.1, 0.15) is 55.5 Å². The molecule has 0 amide bonds. The highest BCUT2D eigenvalue weighted by Crippen LogP contribution is 2.33. The van der Waals surface area contributed by atoms with E-state index in [1.54, 1.807) is 6.07 Å². The largest absolute Gasteiger partial charge is 0.475 e. The van der Waals surface area contributed by atoms with Crippen molar-refractivity contribution in [2.24, 2.45) is 5.92 Å². The van der Waals surface area contributed by atoms with Crippen molar-refractivity contribution in [1.82, 2.24) is 4.90 Å². The van der Waals surface area contributed by atoms with Gasteiger partial charge in [-0.2, -0.15) is 0 Å². The minimum absolute atomic E-state index is 0.0275. The maximum atomic E-state index is 10.8. The number of carboxylic acid groups (broad SMARTS) is 1. The number of carbonyl (C=O) groups is 1. The normalized spacial score (nSPS) is 17.1.